The molecule has 6 heterocycles. The van der Waals surface area contributed by atoms with Crippen molar-refractivity contribution in [2.75, 3.05) is 114 Å². The lowest BCUT2D eigenvalue weighted by molar-refractivity contribution is 0.305. The van der Waals surface area contributed by atoms with Crippen LogP contribution in [0.5, 0.6) is 0 Å². The quantitative estimate of drug-likeness (QED) is 0.285. The fraction of sp³-hybridized carbons (Fsp3) is 0.775. The van der Waals surface area contributed by atoms with Crippen molar-refractivity contribution >= 4 is 28.4 Å². The third-order valence-electron chi connectivity index (χ3n) is 9.24. The SMILES string of the molecule is C.C.C.C.CN1CCN(c2nc(C(C)(C)C)co2)CC1.CN1CCN(c2nc(C(C)(C)C)cs2)CC1.CN1CCN(c2ncc(C(C)(C)C)[nH]2)CC1. The molecule has 6 rings (SSSR count). The lowest BCUT2D eigenvalue weighted by atomic mass is 9.93. The van der Waals surface area contributed by atoms with E-state index in [0.29, 0.717) is 0 Å². The lowest BCUT2D eigenvalue weighted by Gasteiger charge is -2.32. The first-order valence-corrected chi connectivity index (χ1v) is 18.6. The van der Waals surface area contributed by atoms with Gasteiger partial charge >= 0.3 is 0 Å². The monoisotopic (exact) mass is 749 g/mol. The van der Waals surface area contributed by atoms with Crippen molar-refractivity contribution in [3.63, 3.8) is 0 Å². The molecule has 3 aromatic rings. The van der Waals surface area contributed by atoms with Crippen molar-refractivity contribution in [1.82, 2.24) is 34.6 Å². The highest BCUT2D eigenvalue weighted by Gasteiger charge is 2.24. The molecule has 0 saturated carbocycles. The zero-order valence-corrected chi connectivity index (χ0v) is 32.9. The van der Waals surface area contributed by atoms with Gasteiger partial charge in [-0.2, -0.15) is 4.98 Å². The second-order valence-corrected chi connectivity index (χ2v) is 17.6. The van der Waals surface area contributed by atoms with Crippen LogP contribution < -0.4 is 14.7 Å². The normalized spacial score (nSPS) is 17.7. The van der Waals surface area contributed by atoms with E-state index >= 15 is 0 Å². The number of anilines is 3. The van der Waals surface area contributed by atoms with Gasteiger partial charge in [-0.05, 0) is 21.1 Å². The molecule has 302 valence electrons. The highest BCUT2D eigenvalue weighted by atomic mass is 32.1. The van der Waals surface area contributed by atoms with Crippen molar-refractivity contribution in [2.24, 2.45) is 0 Å². The van der Waals surface area contributed by atoms with Gasteiger partial charge in [0.2, 0.25) is 5.95 Å². The summed E-state index contributed by atoms with van der Waals surface area (Å²) in [6.07, 6.45) is 3.75. The summed E-state index contributed by atoms with van der Waals surface area (Å²) < 4.78 is 5.56. The average Bonchev–Trinajstić information content (AvgIpc) is 3.80. The van der Waals surface area contributed by atoms with Crippen LogP contribution in [-0.2, 0) is 16.2 Å². The Morgan fingerprint density at radius 3 is 1.40 bits per heavy atom. The maximum Gasteiger partial charge on any atom is 0.297 e. The first-order valence-electron chi connectivity index (χ1n) is 17.7. The summed E-state index contributed by atoms with van der Waals surface area (Å²) in [5.41, 5.74) is 3.84. The summed E-state index contributed by atoms with van der Waals surface area (Å²) in [4.78, 5) is 31.2. The Balaban J connectivity index is 0.000000722. The number of H-pyrrole nitrogens is 1. The Morgan fingerprint density at radius 2 is 1.02 bits per heavy atom. The highest BCUT2D eigenvalue weighted by Crippen LogP contribution is 2.29. The Labute approximate surface area is 324 Å². The van der Waals surface area contributed by atoms with E-state index < -0.39 is 0 Å². The van der Waals surface area contributed by atoms with Gasteiger partial charge in [0, 0.05) is 106 Å². The minimum atomic E-state index is 0. The number of nitrogens with zero attached hydrogens (tertiary/aromatic N) is 9. The third kappa shape index (κ3) is 14.3. The van der Waals surface area contributed by atoms with Crippen LogP contribution in [-0.4, -0.2) is 134 Å². The van der Waals surface area contributed by atoms with E-state index in [4.69, 9.17) is 9.40 Å². The number of aromatic nitrogens is 4. The van der Waals surface area contributed by atoms with Gasteiger partial charge in [0.1, 0.15) is 6.26 Å². The number of oxazole rings is 1. The van der Waals surface area contributed by atoms with E-state index in [2.05, 4.69) is 133 Å². The van der Waals surface area contributed by atoms with E-state index in [1.54, 1.807) is 17.6 Å². The molecule has 0 unspecified atom stereocenters. The molecular weight excluding hydrogens is 669 g/mol. The van der Waals surface area contributed by atoms with Gasteiger partial charge in [0.15, 0.2) is 5.13 Å². The maximum absolute atomic E-state index is 5.56. The fourth-order valence-electron chi connectivity index (χ4n) is 5.37. The second-order valence-electron chi connectivity index (χ2n) is 16.8. The van der Waals surface area contributed by atoms with Crippen LogP contribution in [0.2, 0.25) is 0 Å². The number of imidazole rings is 1. The number of nitrogens with one attached hydrogen (secondary N) is 1. The molecule has 12 heteroatoms. The van der Waals surface area contributed by atoms with E-state index in [0.717, 1.165) is 96.2 Å². The number of hydrogen-bond acceptors (Lipinski definition) is 11. The van der Waals surface area contributed by atoms with Gasteiger partial charge in [-0.3, -0.25) is 0 Å². The van der Waals surface area contributed by atoms with E-state index in [9.17, 15) is 0 Å². The number of piperazine rings is 3. The minimum absolute atomic E-state index is 0. The molecule has 52 heavy (non-hydrogen) atoms. The van der Waals surface area contributed by atoms with Crippen LogP contribution in [0.1, 0.15) is 109 Å². The van der Waals surface area contributed by atoms with Crippen molar-refractivity contribution in [3.05, 3.63) is 34.9 Å². The average molecular weight is 749 g/mol. The summed E-state index contributed by atoms with van der Waals surface area (Å²) in [6.45, 7) is 32.7. The van der Waals surface area contributed by atoms with Crippen molar-refractivity contribution in [1.29, 1.82) is 0 Å². The summed E-state index contributed by atoms with van der Waals surface area (Å²) in [6, 6.07) is 0.776. The number of thiazole rings is 1. The Kier molecular flexibility index (Phi) is 19.6. The molecule has 0 atom stereocenters. The van der Waals surface area contributed by atoms with Crippen LogP contribution in [0, 0.1) is 0 Å². The van der Waals surface area contributed by atoms with Gasteiger partial charge in [0.05, 0.1) is 17.6 Å². The fourth-order valence-corrected chi connectivity index (χ4v) is 6.48. The Morgan fingerprint density at radius 1 is 0.577 bits per heavy atom. The predicted octanol–water partition coefficient (Wildman–Crippen LogP) is 7.92. The van der Waals surface area contributed by atoms with Gasteiger partial charge in [0.25, 0.3) is 6.01 Å². The zero-order chi connectivity index (χ0) is 35.3. The second kappa shape index (κ2) is 20.7. The topological polar surface area (TPSA) is 87.0 Å². The molecule has 3 aromatic heterocycles. The smallest absolute Gasteiger partial charge is 0.297 e. The van der Waals surface area contributed by atoms with Crippen LogP contribution in [0.25, 0.3) is 0 Å². The molecule has 11 nitrogen and oxygen atoms in total. The van der Waals surface area contributed by atoms with Crippen LogP contribution >= 0.6 is 11.3 Å². The van der Waals surface area contributed by atoms with Gasteiger partial charge in [-0.15, -0.1) is 11.3 Å². The van der Waals surface area contributed by atoms with Crippen molar-refractivity contribution < 1.29 is 4.42 Å². The molecule has 3 aliphatic rings. The molecule has 0 bridgehead atoms. The lowest BCUT2D eigenvalue weighted by Crippen LogP contribution is -2.45. The van der Waals surface area contributed by atoms with Crippen molar-refractivity contribution in [3.8, 4) is 0 Å². The summed E-state index contributed by atoms with van der Waals surface area (Å²) >= 11 is 1.78. The van der Waals surface area contributed by atoms with Crippen molar-refractivity contribution in [2.45, 2.75) is 108 Å². The number of likely N-dealkylation sites (N-methyl/N-ethyl adjacent to an activating group) is 3. The van der Waals surface area contributed by atoms with Crippen LogP contribution in [0.15, 0.2) is 22.3 Å². The Bertz CT molecular complexity index is 1200. The molecule has 0 aromatic carbocycles. The maximum atomic E-state index is 5.56. The first-order chi connectivity index (χ1) is 22.4. The largest absolute Gasteiger partial charge is 0.432 e. The van der Waals surface area contributed by atoms with E-state index in [1.165, 1.54) is 16.5 Å². The van der Waals surface area contributed by atoms with Gasteiger partial charge in [-0.25, -0.2) is 9.97 Å². The van der Waals surface area contributed by atoms with E-state index in [-0.39, 0.29) is 46.0 Å². The molecule has 0 radical (unpaired) electrons. The molecule has 1 N–H and O–H groups in total. The van der Waals surface area contributed by atoms with E-state index in [1.807, 2.05) is 6.20 Å². The number of aromatic amines is 1. The highest BCUT2D eigenvalue weighted by molar-refractivity contribution is 7.13. The van der Waals surface area contributed by atoms with Gasteiger partial charge < -0.3 is 38.8 Å². The molecule has 3 aliphatic heterocycles. The van der Waals surface area contributed by atoms with Gasteiger partial charge in [-0.1, -0.05) is 92.0 Å². The van der Waals surface area contributed by atoms with Crippen LogP contribution in [0.4, 0.5) is 17.1 Å². The first kappa shape index (κ1) is 49.3. The summed E-state index contributed by atoms with van der Waals surface area (Å²) in [5.74, 6) is 1.03. The predicted molar refractivity (Wildman–Crippen MR) is 229 cm³/mol. The third-order valence-corrected chi connectivity index (χ3v) is 10.1. The standard InChI is InChI=1S/C12H22N4.C12H21N3O.C12H21N3S.4CH4/c1-12(2,3)10-9-13-11(14-10)16-7-5-15(4)6-8-16;2*1-12(2,3)10-9-16-11(13-10)15-7-5-14(4)6-8-15;;;;/h9H,5-8H2,1-4H3,(H,13,14);2*9H,5-8H2,1-4H3;4*1H4. The Hall–Kier alpha value is -2.67. The minimum Gasteiger partial charge on any atom is -0.432 e. The zero-order valence-electron chi connectivity index (χ0n) is 32.1. The molecule has 3 saturated heterocycles. The molecule has 0 aliphatic carbocycles. The molecular formula is C40H80N10OS. The molecule has 0 spiro atoms. The molecule has 3 fully saturated rings. The molecule has 0 amide bonds. The summed E-state index contributed by atoms with van der Waals surface area (Å²) in [7, 11) is 6.49. The van der Waals surface area contributed by atoms with Crippen LogP contribution in [0.3, 0.4) is 0 Å². The number of hydrogen-bond donors (Lipinski definition) is 1. The number of rotatable bonds is 3. The summed E-state index contributed by atoms with van der Waals surface area (Å²) in [5, 5.41) is 3.39.